The minimum Gasteiger partial charge on any atom is -0.383 e. The molecule has 0 spiro atoms. The number of hydrogen-bond donors (Lipinski definition) is 1. The molecule has 0 atom stereocenters. The molecule has 0 radical (unpaired) electrons. The molecule has 13 nitrogen and oxygen atoms in total. The van der Waals surface area contributed by atoms with Crippen LogP contribution in [0.25, 0.3) is 33.4 Å². The number of nitrogen functional groups attached to an aromatic ring is 1. The lowest BCUT2D eigenvalue weighted by Gasteiger charge is -2.31. The molecule has 43 heavy (non-hydrogen) atoms. The van der Waals surface area contributed by atoms with E-state index in [9.17, 15) is 9.59 Å². The number of anilines is 1. The number of nitrogens with zero attached hydrogens (tertiary/aromatic N) is 9. The van der Waals surface area contributed by atoms with E-state index >= 15 is 0 Å². The molecule has 1 fully saturated rings. The third-order valence-electron chi connectivity index (χ3n) is 7.91. The number of benzene rings is 1. The summed E-state index contributed by atoms with van der Waals surface area (Å²) in [5.74, 6) is 1.04. The maximum absolute atomic E-state index is 13.1. The van der Waals surface area contributed by atoms with Gasteiger partial charge in [0, 0.05) is 50.1 Å². The van der Waals surface area contributed by atoms with Crippen LogP contribution in [-0.2, 0) is 18.4 Å². The number of aryl methyl sites for hydroxylation is 2. The third kappa shape index (κ3) is 5.13. The summed E-state index contributed by atoms with van der Waals surface area (Å²) >= 11 is 0. The number of rotatable bonds is 7. The smallest absolute Gasteiger partial charge is 0.254 e. The zero-order chi connectivity index (χ0) is 30.2. The van der Waals surface area contributed by atoms with E-state index in [1.807, 2.05) is 45.7 Å². The van der Waals surface area contributed by atoms with E-state index in [-0.39, 0.29) is 24.4 Å². The van der Waals surface area contributed by atoms with Gasteiger partial charge in [0.25, 0.3) is 5.91 Å². The van der Waals surface area contributed by atoms with Gasteiger partial charge in [0.15, 0.2) is 5.82 Å². The van der Waals surface area contributed by atoms with E-state index in [0.29, 0.717) is 41.8 Å². The molecule has 1 aliphatic rings. The van der Waals surface area contributed by atoms with Gasteiger partial charge in [-0.3, -0.25) is 14.3 Å². The highest BCUT2D eigenvalue weighted by Gasteiger charge is 2.26. The van der Waals surface area contributed by atoms with Crippen molar-refractivity contribution < 1.29 is 14.1 Å². The number of likely N-dealkylation sites (tertiary alicyclic amines) is 1. The number of hydrogen-bond acceptors (Lipinski definition) is 9. The van der Waals surface area contributed by atoms with Gasteiger partial charge in [-0.15, -0.1) is 0 Å². The van der Waals surface area contributed by atoms with Gasteiger partial charge in [-0.1, -0.05) is 23.9 Å². The summed E-state index contributed by atoms with van der Waals surface area (Å²) in [7, 11) is 3.63. The van der Waals surface area contributed by atoms with E-state index in [2.05, 4.69) is 26.7 Å². The molecule has 0 aliphatic carbocycles. The molecule has 1 aliphatic heterocycles. The average Bonchev–Trinajstić information content (AvgIpc) is 3.74. The summed E-state index contributed by atoms with van der Waals surface area (Å²) in [6.07, 6.45) is 8.29. The van der Waals surface area contributed by atoms with E-state index in [1.165, 1.54) is 17.3 Å². The Labute approximate surface area is 247 Å². The van der Waals surface area contributed by atoms with Crippen molar-refractivity contribution in [2.75, 3.05) is 25.9 Å². The lowest BCUT2D eigenvalue weighted by atomic mass is 9.99. The number of carbonyl (C=O) groups excluding carboxylic acids is 2. The van der Waals surface area contributed by atoms with Gasteiger partial charge in [0.1, 0.15) is 17.8 Å². The van der Waals surface area contributed by atoms with Crippen molar-refractivity contribution in [2.45, 2.75) is 32.4 Å². The monoisotopic (exact) mass is 580 g/mol. The first-order valence-corrected chi connectivity index (χ1v) is 13.9. The van der Waals surface area contributed by atoms with Gasteiger partial charge in [-0.25, -0.2) is 9.97 Å². The van der Waals surface area contributed by atoms with Gasteiger partial charge < -0.3 is 24.6 Å². The molecule has 5 aromatic rings. The van der Waals surface area contributed by atoms with Crippen molar-refractivity contribution >= 4 is 28.7 Å². The topological polar surface area (TPSA) is 154 Å². The van der Waals surface area contributed by atoms with Crippen molar-refractivity contribution in [2.24, 2.45) is 7.05 Å². The molecule has 2 amide bonds. The van der Waals surface area contributed by atoms with Gasteiger partial charge in [0.05, 0.1) is 29.9 Å². The van der Waals surface area contributed by atoms with Crippen LogP contribution in [0.5, 0.6) is 0 Å². The molecular weight excluding hydrogens is 548 g/mol. The molecular formula is C30H32N10O3. The fraction of sp³-hybridized carbons (Fsp3) is 0.300. The van der Waals surface area contributed by atoms with Crippen molar-refractivity contribution in [1.29, 1.82) is 0 Å². The minimum atomic E-state index is -0.175. The highest BCUT2D eigenvalue weighted by Crippen LogP contribution is 2.41. The van der Waals surface area contributed by atoms with E-state index in [4.69, 9.17) is 15.4 Å². The Hall–Kier alpha value is -5.33. The van der Waals surface area contributed by atoms with E-state index in [1.54, 1.807) is 26.1 Å². The van der Waals surface area contributed by atoms with Gasteiger partial charge >= 0.3 is 0 Å². The second-order valence-corrected chi connectivity index (χ2v) is 10.7. The van der Waals surface area contributed by atoms with Crippen LogP contribution in [0.3, 0.4) is 0 Å². The highest BCUT2D eigenvalue weighted by atomic mass is 16.5. The lowest BCUT2D eigenvalue weighted by molar-refractivity contribution is -0.127. The largest absolute Gasteiger partial charge is 0.383 e. The van der Waals surface area contributed by atoms with E-state index < -0.39 is 0 Å². The Morgan fingerprint density at radius 1 is 1.16 bits per heavy atom. The van der Waals surface area contributed by atoms with Gasteiger partial charge in [-0.2, -0.15) is 10.1 Å². The summed E-state index contributed by atoms with van der Waals surface area (Å²) in [5, 5.41) is 9.23. The summed E-state index contributed by atoms with van der Waals surface area (Å²) in [6.45, 7) is 6.85. The Morgan fingerprint density at radius 3 is 2.58 bits per heavy atom. The van der Waals surface area contributed by atoms with Crippen LogP contribution in [0.2, 0.25) is 0 Å². The van der Waals surface area contributed by atoms with Crippen LogP contribution in [-0.4, -0.2) is 76.2 Å². The maximum atomic E-state index is 13.1. The average molecular weight is 581 g/mol. The number of piperidine rings is 1. The Balaban J connectivity index is 1.32. The summed E-state index contributed by atoms with van der Waals surface area (Å²) in [4.78, 5) is 41.5. The molecule has 0 unspecified atom stereocenters. The Morgan fingerprint density at radius 2 is 1.91 bits per heavy atom. The molecule has 0 bridgehead atoms. The standard InChI is InChI=1S/C30H32N10O3/c1-5-24(41)39-12-10-22(11-13-39)40-15-21(14-34-40)27-25(26-28(31)32-17-33-29(26)38(27)4)19-6-8-20(9-7-19)30(42)37(3)16-23-35-18(2)36-43-23/h5-9,14-15,17,22H,1,10-13,16H2,2-4H3,(H2,31,32,33). The second kappa shape index (κ2) is 11.2. The Bertz CT molecular complexity index is 1830. The first kappa shape index (κ1) is 27.8. The molecule has 6 rings (SSSR count). The molecule has 220 valence electrons. The van der Waals surface area contributed by atoms with Crippen LogP contribution in [0, 0.1) is 6.92 Å². The van der Waals surface area contributed by atoms with Crippen molar-refractivity contribution in [3.63, 3.8) is 0 Å². The Kier molecular flexibility index (Phi) is 7.22. The van der Waals surface area contributed by atoms with Crippen LogP contribution < -0.4 is 5.73 Å². The first-order valence-electron chi connectivity index (χ1n) is 13.9. The molecule has 1 aromatic carbocycles. The molecule has 0 saturated carbocycles. The summed E-state index contributed by atoms with van der Waals surface area (Å²) < 4.78 is 9.13. The number of nitrogens with two attached hydrogens (primary N) is 1. The normalized spacial score (nSPS) is 13.9. The number of aromatic nitrogens is 7. The predicted octanol–water partition coefficient (Wildman–Crippen LogP) is 3.39. The molecule has 13 heteroatoms. The fourth-order valence-electron chi connectivity index (χ4n) is 5.71. The molecule has 4 aromatic heterocycles. The van der Waals surface area contributed by atoms with Crippen molar-refractivity contribution in [1.82, 2.24) is 44.3 Å². The fourth-order valence-corrected chi connectivity index (χ4v) is 5.71. The van der Waals surface area contributed by atoms with Crippen molar-refractivity contribution in [3.05, 3.63) is 72.9 Å². The maximum Gasteiger partial charge on any atom is 0.254 e. The molecule has 5 heterocycles. The second-order valence-electron chi connectivity index (χ2n) is 10.7. The quantitative estimate of drug-likeness (QED) is 0.285. The summed E-state index contributed by atoms with van der Waals surface area (Å²) in [6, 6.07) is 7.55. The summed E-state index contributed by atoms with van der Waals surface area (Å²) in [5.41, 5.74) is 11.1. The van der Waals surface area contributed by atoms with Crippen LogP contribution in [0.15, 0.2) is 60.2 Å². The van der Waals surface area contributed by atoms with Gasteiger partial charge in [0.2, 0.25) is 11.8 Å². The highest BCUT2D eigenvalue weighted by molar-refractivity contribution is 6.08. The predicted molar refractivity (Wildman–Crippen MR) is 159 cm³/mol. The number of carbonyl (C=O) groups is 2. The molecule has 2 N–H and O–H groups in total. The van der Waals surface area contributed by atoms with Crippen LogP contribution >= 0.6 is 0 Å². The zero-order valence-corrected chi connectivity index (χ0v) is 24.3. The van der Waals surface area contributed by atoms with Gasteiger partial charge in [-0.05, 0) is 43.5 Å². The number of amides is 2. The van der Waals surface area contributed by atoms with Crippen molar-refractivity contribution in [3.8, 4) is 22.4 Å². The number of fused-ring (bicyclic) bond motifs is 1. The van der Waals surface area contributed by atoms with E-state index in [0.717, 1.165) is 40.6 Å². The van der Waals surface area contributed by atoms with Crippen LogP contribution in [0.1, 0.15) is 41.0 Å². The lowest BCUT2D eigenvalue weighted by Crippen LogP contribution is -2.38. The SMILES string of the molecule is C=CC(=O)N1CCC(n2cc(-c3c(-c4ccc(C(=O)N(C)Cc5nc(C)no5)cc4)c4c(N)ncnc4n3C)cn2)CC1. The first-order chi connectivity index (χ1) is 20.7. The zero-order valence-electron chi connectivity index (χ0n) is 24.3. The molecule has 1 saturated heterocycles. The third-order valence-corrected chi connectivity index (χ3v) is 7.91. The van der Waals surface area contributed by atoms with Crippen LogP contribution in [0.4, 0.5) is 5.82 Å². The minimum absolute atomic E-state index is 0.0419.